The van der Waals surface area contributed by atoms with E-state index in [2.05, 4.69) is 26.0 Å². The molecular weight excluding hydrogens is 424 g/mol. The Hall–Kier alpha value is -1.32. The van der Waals surface area contributed by atoms with Crippen molar-refractivity contribution in [1.82, 2.24) is 0 Å². The van der Waals surface area contributed by atoms with E-state index in [1.54, 1.807) is 0 Å². The zero-order valence-corrected chi connectivity index (χ0v) is 22.8. The molecule has 0 amide bonds. The summed E-state index contributed by atoms with van der Waals surface area (Å²) in [6.45, 7) is 4.49. The molecule has 202 valence electrons. The SMILES string of the molecule is CCCCCCCC/C=C\CCCCCCCC(=O)O.CCCCCCCCCCCC(=O)O. The van der Waals surface area contributed by atoms with Crippen LogP contribution in [0.4, 0.5) is 0 Å². The van der Waals surface area contributed by atoms with Gasteiger partial charge in [0.05, 0.1) is 0 Å². The molecule has 0 aromatic heterocycles. The van der Waals surface area contributed by atoms with Gasteiger partial charge >= 0.3 is 11.9 Å². The zero-order chi connectivity index (χ0) is 25.5. The Morgan fingerprint density at radius 2 is 0.706 bits per heavy atom. The molecule has 4 nitrogen and oxygen atoms in total. The van der Waals surface area contributed by atoms with Gasteiger partial charge in [0.1, 0.15) is 0 Å². The van der Waals surface area contributed by atoms with Crippen molar-refractivity contribution in [1.29, 1.82) is 0 Å². The van der Waals surface area contributed by atoms with Gasteiger partial charge in [-0.05, 0) is 38.5 Å². The molecule has 0 bridgehead atoms. The van der Waals surface area contributed by atoms with Crippen LogP contribution in [0.1, 0.15) is 168 Å². The van der Waals surface area contributed by atoms with Crippen LogP contribution in [0.5, 0.6) is 0 Å². The minimum absolute atomic E-state index is 0.332. The summed E-state index contributed by atoms with van der Waals surface area (Å²) in [4.78, 5) is 20.5. The van der Waals surface area contributed by atoms with Gasteiger partial charge in [0, 0.05) is 12.8 Å². The molecule has 0 heterocycles. The largest absolute Gasteiger partial charge is 0.481 e. The summed E-state index contributed by atoms with van der Waals surface area (Å²) < 4.78 is 0. The van der Waals surface area contributed by atoms with E-state index < -0.39 is 11.9 Å². The van der Waals surface area contributed by atoms with Gasteiger partial charge in [-0.15, -0.1) is 0 Å². The van der Waals surface area contributed by atoms with Crippen molar-refractivity contribution in [2.45, 2.75) is 168 Å². The van der Waals surface area contributed by atoms with Gasteiger partial charge in [0.15, 0.2) is 0 Å². The first-order chi connectivity index (χ1) is 16.5. The molecule has 0 aromatic rings. The third-order valence-electron chi connectivity index (χ3n) is 6.15. The van der Waals surface area contributed by atoms with Crippen molar-refractivity contribution in [2.24, 2.45) is 0 Å². The fraction of sp³-hybridized carbons (Fsp3) is 0.867. The van der Waals surface area contributed by atoms with Crippen LogP contribution in [0.25, 0.3) is 0 Å². The maximum absolute atomic E-state index is 10.3. The summed E-state index contributed by atoms with van der Waals surface area (Å²) in [6, 6.07) is 0. The summed E-state index contributed by atoms with van der Waals surface area (Å²) in [5, 5.41) is 16.9. The number of aliphatic carboxylic acids is 2. The first-order valence-corrected chi connectivity index (χ1v) is 14.6. The summed E-state index contributed by atoms with van der Waals surface area (Å²) in [6.07, 6.45) is 32.7. The molecule has 0 atom stereocenters. The molecule has 0 aliphatic heterocycles. The van der Waals surface area contributed by atoms with Crippen LogP contribution < -0.4 is 0 Å². The second kappa shape index (κ2) is 31.7. The normalized spacial score (nSPS) is 10.9. The quantitative estimate of drug-likeness (QED) is 0.100. The second-order valence-electron chi connectivity index (χ2n) is 9.70. The van der Waals surface area contributed by atoms with Crippen molar-refractivity contribution in [2.75, 3.05) is 0 Å². The molecule has 0 aromatic carbocycles. The maximum atomic E-state index is 10.3. The fourth-order valence-electron chi connectivity index (χ4n) is 3.93. The lowest BCUT2D eigenvalue weighted by Gasteiger charge is -2.00. The molecule has 0 spiro atoms. The lowest BCUT2D eigenvalue weighted by atomic mass is 10.1. The van der Waals surface area contributed by atoms with Gasteiger partial charge in [-0.1, -0.05) is 129 Å². The van der Waals surface area contributed by atoms with E-state index in [1.807, 2.05) is 0 Å². The number of carbonyl (C=O) groups is 2. The third-order valence-corrected chi connectivity index (χ3v) is 6.15. The molecule has 34 heavy (non-hydrogen) atoms. The number of allylic oxidation sites excluding steroid dienone is 2. The Kier molecular flexibility index (Phi) is 32.5. The monoisotopic (exact) mass is 482 g/mol. The number of carboxylic acid groups (broad SMARTS) is 2. The van der Waals surface area contributed by atoms with Crippen LogP contribution in [0.3, 0.4) is 0 Å². The van der Waals surface area contributed by atoms with Gasteiger partial charge in [-0.3, -0.25) is 9.59 Å². The molecule has 0 saturated carbocycles. The Bertz CT molecular complexity index is 445. The predicted molar refractivity (Wildman–Crippen MR) is 147 cm³/mol. The van der Waals surface area contributed by atoms with Crippen molar-refractivity contribution >= 4 is 11.9 Å². The Labute approximate surface area is 212 Å². The summed E-state index contributed by atoms with van der Waals surface area (Å²) in [7, 11) is 0. The smallest absolute Gasteiger partial charge is 0.303 e. The van der Waals surface area contributed by atoms with Gasteiger partial charge in [0.2, 0.25) is 0 Å². The Morgan fingerprint density at radius 1 is 0.441 bits per heavy atom. The number of carboxylic acids is 2. The molecule has 0 radical (unpaired) electrons. The lowest BCUT2D eigenvalue weighted by Crippen LogP contribution is -1.93. The minimum Gasteiger partial charge on any atom is -0.481 e. The van der Waals surface area contributed by atoms with Crippen LogP contribution in [0.2, 0.25) is 0 Å². The van der Waals surface area contributed by atoms with Gasteiger partial charge in [-0.25, -0.2) is 0 Å². The molecule has 4 heteroatoms. The maximum Gasteiger partial charge on any atom is 0.303 e. The van der Waals surface area contributed by atoms with E-state index in [0.717, 1.165) is 25.7 Å². The van der Waals surface area contributed by atoms with Crippen molar-refractivity contribution in [3.63, 3.8) is 0 Å². The average molecular weight is 483 g/mol. The molecular formula is C30H58O4. The van der Waals surface area contributed by atoms with Gasteiger partial charge in [0.25, 0.3) is 0 Å². The first kappa shape index (κ1) is 34.8. The van der Waals surface area contributed by atoms with E-state index >= 15 is 0 Å². The number of rotatable bonds is 25. The van der Waals surface area contributed by atoms with Crippen LogP contribution in [0, 0.1) is 0 Å². The van der Waals surface area contributed by atoms with Crippen LogP contribution in [-0.2, 0) is 9.59 Å². The summed E-state index contributed by atoms with van der Waals surface area (Å²) in [5.41, 5.74) is 0. The van der Waals surface area contributed by atoms with E-state index in [0.29, 0.717) is 12.8 Å². The van der Waals surface area contributed by atoms with Crippen LogP contribution in [0.15, 0.2) is 12.2 Å². The minimum atomic E-state index is -0.664. The highest BCUT2D eigenvalue weighted by Crippen LogP contribution is 2.11. The third kappa shape index (κ3) is 38.0. The molecule has 2 N–H and O–H groups in total. The van der Waals surface area contributed by atoms with E-state index in [-0.39, 0.29) is 0 Å². The second-order valence-corrected chi connectivity index (χ2v) is 9.70. The predicted octanol–water partition coefficient (Wildman–Crippen LogP) is 10.1. The molecule has 0 saturated heterocycles. The van der Waals surface area contributed by atoms with Crippen molar-refractivity contribution in [3.05, 3.63) is 12.2 Å². The highest BCUT2D eigenvalue weighted by molar-refractivity contribution is 5.66. The van der Waals surface area contributed by atoms with Crippen molar-refractivity contribution < 1.29 is 19.8 Å². The first-order valence-electron chi connectivity index (χ1n) is 14.6. The lowest BCUT2D eigenvalue weighted by molar-refractivity contribution is -0.138. The van der Waals surface area contributed by atoms with E-state index in [4.69, 9.17) is 10.2 Å². The molecule has 0 aliphatic rings. The highest BCUT2D eigenvalue weighted by Gasteiger charge is 1.97. The van der Waals surface area contributed by atoms with E-state index in [1.165, 1.54) is 116 Å². The summed E-state index contributed by atoms with van der Waals surface area (Å²) >= 11 is 0. The standard InChI is InChI=1S/C18H34O2.C12H24O2/c1-2-3-4-5-6-7-8-9-10-11-12-13-14-15-16-17-18(19)20;1-2-3-4-5-6-7-8-9-10-11-12(13)14/h9-10H,2-8,11-17H2,1H3,(H,19,20);2-11H2,1H3,(H,13,14)/b10-9-;. The average Bonchev–Trinajstić information content (AvgIpc) is 2.80. The molecule has 0 fully saturated rings. The number of hydrogen-bond acceptors (Lipinski definition) is 2. The van der Waals surface area contributed by atoms with Crippen molar-refractivity contribution in [3.8, 4) is 0 Å². The number of hydrogen-bond donors (Lipinski definition) is 2. The van der Waals surface area contributed by atoms with Gasteiger partial charge < -0.3 is 10.2 Å². The molecule has 0 unspecified atom stereocenters. The summed E-state index contributed by atoms with van der Waals surface area (Å²) in [5.74, 6) is -1.32. The van der Waals surface area contributed by atoms with Crippen LogP contribution >= 0.6 is 0 Å². The van der Waals surface area contributed by atoms with Crippen LogP contribution in [-0.4, -0.2) is 22.2 Å². The van der Waals surface area contributed by atoms with Gasteiger partial charge in [-0.2, -0.15) is 0 Å². The zero-order valence-electron chi connectivity index (χ0n) is 22.8. The highest BCUT2D eigenvalue weighted by atomic mass is 16.4. The Balaban J connectivity index is 0. The topological polar surface area (TPSA) is 74.6 Å². The molecule has 0 aliphatic carbocycles. The molecule has 0 rings (SSSR count). The fourth-order valence-corrected chi connectivity index (χ4v) is 3.93. The Morgan fingerprint density at radius 3 is 1.00 bits per heavy atom. The number of unbranched alkanes of at least 4 members (excludes halogenated alkanes) is 19. The van der Waals surface area contributed by atoms with E-state index in [9.17, 15) is 9.59 Å².